The Kier molecular flexibility index (Phi) is 4.98. The van der Waals surface area contributed by atoms with Gasteiger partial charge in [0.2, 0.25) is 0 Å². The summed E-state index contributed by atoms with van der Waals surface area (Å²) < 4.78 is 0. The number of carbonyl (C=O) groups excluding carboxylic acids is 1. The summed E-state index contributed by atoms with van der Waals surface area (Å²) in [5, 5.41) is 6.70. The molecule has 1 aromatic heterocycles. The number of benzene rings is 1. The van der Waals surface area contributed by atoms with Gasteiger partial charge in [0.1, 0.15) is 17.3 Å². The van der Waals surface area contributed by atoms with Crippen molar-refractivity contribution in [2.75, 3.05) is 5.32 Å². The Hall–Kier alpha value is -2.14. The molecular formula is C16H19ClN4O. The maximum absolute atomic E-state index is 12.1. The average Bonchev–Trinajstić information content (AvgIpc) is 2.40. The number of carbonyl (C=O) groups is 1. The number of aromatic nitrogens is 2. The Morgan fingerprint density at radius 2 is 1.91 bits per heavy atom. The first-order chi connectivity index (χ1) is 10.3. The van der Waals surface area contributed by atoms with Crippen LogP contribution in [-0.2, 0) is 0 Å². The van der Waals surface area contributed by atoms with Crippen LogP contribution in [-0.4, -0.2) is 21.9 Å². The van der Waals surface area contributed by atoms with Gasteiger partial charge in [-0.05, 0) is 51.5 Å². The van der Waals surface area contributed by atoms with Crippen molar-refractivity contribution in [2.24, 2.45) is 0 Å². The SMILES string of the molecule is Cc1nc(Nc2ccc(Cl)cc2C)cc(C(=O)NC(C)C)n1. The molecule has 22 heavy (non-hydrogen) atoms. The number of anilines is 2. The minimum absolute atomic E-state index is 0.0534. The van der Waals surface area contributed by atoms with Gasteiger partial charge in [0, 0.05) is 22.8 Å². The number of aryl methyl sites for hydroxylation is 2. The highest BCUT2D eigenvalue weighted by molar-refractivity contribution is 6.30. The smallest absolute Gasteiger partial charge is 0.270 e. The molecule has 0 spiro atoms. The molecule has 0 unspecified atom stereocenters. The van der Waals surface area contributed by atoms with E-state index in [9.17, 15) is 4.79 Å². The highest BCUT2D eigenvalue weighted by atomic mass is 35.5. The molecule has 0 bridgehead atoms. The lowest BCUT2D eigenvalue weighted by Crippen LogP contribution is -2.31. The second-order valence-corrected chi connectivity index (χ2v) is 5.83. The highest BCUT2D eigenvalue weighted by Gasteiger charge is 2.12. The normalized spacial score (nSPS) is 10.6. The molecule has 0 fully saturated rings. The van der Waals surface area contributed by atoms with Gasteiger partial charge in [-0.2, -0.15) is 0 Å². The van der Waals surface area contributed by atoms with Crippen molar-refractivity contribution in [3.05, 3.63) is 46.4 Å². The van der Waals surface area contributed by atoms with Crippen molar-refractivity contribution in [2.45, 2.75) is 33.7 Å². The number of halogens is 1. The predicted octanol–water partition coefficient (Wildman–Crippen LogP) is 3.63. The molecule has 0 aliphatic carbocycles. The minimum atomic E-state index is -0.212. The zero-order valence-corrected chi connectivity index (χ0v) is 13.8. The summed E-state index contributed by atoms with van der Waals surface area (Å²) >= 11 is 5.95. The van der Waals surface area contributed by atoms with Crippen molar-refractivity contribution in [1.29, 1.82) is 0 Å². The van der Waals surface area contributed by atoms with Gasteiger partial charge < -0.3 is 10.6 Å². The molecule has 0 atom stereocenters. The Balaban J connectivity index is 2.28. The van der Waals surface area contributed by atoms with Crippen LogP contribution in [0.2, 0.25) is 5.02 Å². The summed E-state index contributed by atoms with van der Waals surface area (Å²) in [6, 6.07) is 7.24. The van der Waals surface area contributed by atoms with Crippen LogP contribution in [0.15, 0.2) is 24.3 Å². The van der Waals surface area contributed by atoms with Gasteiger partial charge in [0.05, 0.1) is 0 Å². The fourth-order valence-electron chi connectivity index (χ4n) is 1.99. The Morgan fingerprint density at radius 1 is 1.18 bits per heavy atom. The molecule has 1 aromatic carbocycles. The number of nitrogens with zero attached hydrogens (tertiary/aromatic N) is 2. The van der Waals surface area contributed by atoms with Crippen molar-refractivity contribution in [1.82, 2.24) is 15.3 Å². The molecule has 0 aliphatic rings. The lowest BCUT2D eigenvalue weighted by atomic mass is 10.2. The van der Waals surface area contributed by atoms with E-state index in [4.69, 9.17) is 11.6 Å². The van der Waals surface area contributed by atoms with E-state index in [1.165, 1.54) is 0 Å². The standard InChI is InChI=1S/C16H19ClN4O/c1-9(2)18-16(22)14-8-15(20-11(4)19-14)21-13-6-5-12(17)7-10(13)3/h5-9H,1-4H3,(H,18,22)(H,19,20,21). The monoisotopic (exact) mass is 318 g/mol. The van der Waals surface area contributed by atoms with Crippen LogP contribution in [0.3, 0.4) is 0 Å². The van der Waals surface area contributed by atoms with Crippen LogP contribution in [0, 0.1) is 13.8 Å². The van der Waals surface area contributed by atoms with Crippen LogP contribution < -0.4 is 10.6 Å². The molecule has 0 aliphatic heterocycles. The van der Waals surface area contributed by atoms with E-state index < -0.39 is 0 Å². The van der Waals surface area contributed by atoms with E-state index in [1.807, 2.05) is 32.9 Å². The largest absolute Gasteiger partial charge is 0.349 e. The van der Waals surface area contributed by atoms with Crippen LogP contribution in [0.1, 0.15) is 35.7 Å². The Bertz CT molecular complexity index is 701. The maximum Gasteiger partial charge on any atom is 0.270 e. The van der Waals surface area contributed by atoms with Gasteiger partial charge in [0.15, 0.2) is 0 Å². The number of hydrogen-bond donors (Lipinski definition) is 2. The first-order valence-corrected chi connectivity index (χ1v) is 7.42. The first kappa shape index (κ1) is 16.2. The zero-order chi connectivity index (χ0) is 16.3. The minimum Gasteiger partial charge on any atom is -0.349 e. The Labute approximate surface area is 135 Å². The van der Waals surface area contributed by atoms with Gasteiger partial charge >= 0.3 is 0 Å². The van der Waals surface area contributed by atoms with Gasteiger partial charge in [0.25, 0.3) is 5.91 Å². The molecular weight excluding hydrogens is 300 g/mol. The molecule has 2 aromatic rings. The molecule has 6 heteroatoms. The van der Waals surface area contributed by atoms with E-state index in [-0.39, 0.29) is 11.9 Å². The summed E-state index contributed by atoms with van der Waals surface area (Å²) in [4.78, 5) is 20.6. The lowest BCUT2D eigenvalue weighted by molar-refractivity contribution is 0.0937. The molecule has 2 N–H and O–H groups in total. The third-order valence-corrected chi connectivity index (χ3v) is 3.18. The number of rotatable bonds is 4. The van der Waals surface area contributed by atoms with E-state index >= 15 is 0 Å². The van der Waals surface area contributed by atoms with Gasteiger partial charge in [-0.3, -0.25) is 4.79 Å². The summed E-state index contributed by atoms with van der Waals surface area (Å²) in [5.41, 5.74) is 2.23. The third kappa shape index (κ3) is 4.18. The fraction of sp³-hybridized carbons (Fsp3) is 0.312. The maximum atomic E-state index is 12.1. The summed E-state index contributed by atoms with van der Waals surface area (Å²) in [5.74, 6) is 0.897. The van der Waals surface area contributed by atoms with Gasteiger partial charge in [-0.1, -0.05) is 11.6 Å². The van der Waals surface area contributed by atoms with Crippen LogP contribution in [0.5, 0.6) is 0 Å². The molecule has 1 heterocycles. The number of nitrogens with one attached hydrogen (secondary N) is 2. The van der Waals surface area contributed by atoms with E-state index in [1.54, 1.807) is 19.1 Å². The predicted molar refractivity (Wildman–Crippen MR) is 88.8 cm³/mol. The summed E-state index contributed by atoms with van der Waals surface area (Å²) in [7, 11) is 0. The zero-order valence-electron chi connectivity index (χ0n) is 13.1. The molecule has 0 saturated carbocycles. The molecule has 5 nitrogen and oxygen atoms in total. The van der Waals surface area contributed by atoms with Crippen molar-refractivity contribution >= 4 is 29.0 Å². The molecule has 1 amide bonds. The second-order valence-electron chi connectivity index (χ2n) is 5.40. The van der Waals surface area contributed by atoms with Gasteiger partial charge in [-0.25, -0.2) is 9.97 Å². The van der Waals surface area contributed by atoms with Gasteiger partial charge in [-0.15, -0.1) is 0 Å². The highest BCUT2D eigenvalue weighted by Crippen LogP contribution is 2.23. The van der Waals surface area contributed by atoms with Crippen molar-refractivity contribution in [3.8, 4) is 0 Å². The third-order valence-electron chi connectivity index (χ3n) is 2.94. The van der Waals surface area contributed by atoms with Crippen molar-refractivity contribution < 1.29 is 4.79 Å². The molecule has 0 saturated heterocycles. The van der Waals surface area contributed by atoms with Crippen LogP contribution >= 0.6 is 11.6 Å². The molecule has 116 valence electrons. The van der Waals surface area contributed by atoms with E-state index in [0.717, 1.165) is 11.3 Å². The van der Waals surface area contributed by atoms with Crippen LogP contribution in [0.25, 0.3) is 0 Å². The lowest BCUT2D eigenvalue weighted by Gasteiger charge is -2.12. The Morgan fingerprint density at radius 3 is 2.55 bits per heavy atom. The van der Waals surface area contributed by atoms with E-state index in [2.05, 4.69) is 20.6 Å². The number of amides is 1. The molecule has 2 rings (SSSR count). The van der Waals surface area contributed by atoms with E-state index in [0.29, 0.717) is 22.4 Å². The van der Waals surface area contributed by atoms with Crippen molar-refractivity contribution in [3.63, 3.8) is 0 Å². The fourth-order valence-corrected chi connectivity index (χ4v) is 2.22. The summed E-state index contributed by atoms with van der Waals surface area (Å²) in [6.45, 7) is 7.52. The topological polar surface area (TPSA) is 66.9 Å². The number of hydrogen-bond acceptors (Lipinski definition) is 4. The first-order valence-electron chi connectivity index (χ1n) is 7.05. The quantitative estimate of drug-likeness (QED) is 0.903. The van der Waals surface area contributed by atoms with Crippen LogP contribution in [0.4, 0.5) is 11.5 Å². The average molecular weight is 319 g/mol. The summed E-state index contributed by atoms with van der Waals surface area (Å²) in [6.07, 6.45) is 0. The molecule has 0 radical (unpaired) electrons. The second kappa shape index (κ2) is 6.75.